The van der Waals surface area contributed by atoms with Crippen LogP contribution in [0.5, 0.6) is 0 Å². The summed E-state index contributed by atoms with van der Waals surface area (Å²) in [7, 11) is -8.70. The molecule has 2 rings (SSSR count). The lowest BCUT2D eigenvalue weighted by Crippen LogP contribution is -2.32. The van der Waals surface area contributed by atoms with Crippen LogP contribution >= 0.6 is 0 Å². The number of benzene rings is 1. The molecule has 0 amide bonds. The molecule has 0 aliphatic carbocycles. The van der Waals surface area contributed by atoms with Crippen molar-refractivity contribution in [2.75, 3.05) is 13.1 Å². The van der Waals surface area contributed by atoms with E-state index in [1.807, 2.05) is 0 Å². The van der Waals surface area contributed by atoms with Gasteiger partial charge >= 0.3 is 10.2 Å². The Morgan fingerprint density at radius 2 is 1.76 bits per heavy atom. The van der Waals surface area contributed by atoms with Crippen molar-refractivity contribution in [1.29, 1.82) is 0 Å². The molecule has 0 spiro atoms. The fourth-order valence-corrected chi connectivity index (χ4v) is 4.54. The second kappa shape index (κ2) is 6.02. The van der Waals surface area contributed by atoms with Crippen LogP contribution in [0.3, 0.4) is 0 Å². The molecule has 1 atom stereocenters. The van der Waals surface area contributed by atoms with Crippen LogP contribution in [-0.4, -0.2) is 34.2 Å². The average Bonchev–Trinajstić information content (AvgIpc) is 2.63. The molecule has 1 aliphatic rings. The highest BCUT2D eigenvalue weighted by Crippen LogP contribution is 2.24. The summed E-state index contributed by atoms with van der Waals surface area (Å²) in [6.45, 7) is 2.88. The number of hydrogen-bond donors (Lipinski definition) is 0. The fourth-order valence-electron chi connectivity index (χ4n) is 2.41. The van der Waals surface area contributed by atoms with Gasteiger partial charge in [-0.25, -0.2) is 8.42 Å². The third-order valence-electron chi connectivity index (χ3n) is 3.70. The van der Waals surface area contributed by atoms with Gasteiger partial charge in [-0.15, -0.1) is 3.89 Å². The summed E-state index contributed by atoms with van der Waals surface area (Å²) < 4.78 is 61.3. The molecular formula is C13H18FNO4S2. The van der Waals surface area contributed by atoms with Gasteiger partial charge in [0.2, 0.25) is 10.0 Å². The van der Waals surface area contributed by atoms with Crippen LogP contribution in [0.25, 0.3) is 0 Å². The van der Waals surface area contributed by atoms with Crippen molar-refractivity contribution in [2.45, 2.75) is 36.0 Å². The van der Waals surface area contributed by atoms with Gasteiger partial charge in [-0.1, -0.05) is 13.0 Å². The molecule has 1 fully saturated rings. The molecule has 1 heterocycles. The molecule has 8 heteroatoms. The average molecular weight is 335 g/mol. The number of nitrogens with zero attached hydrogens (tertiary/aromatic N) is 1. The Balaban J connectivity index is 2.35. The predicted octanol–water partition coefficient (Wildman–Crippen LogP) is 2.16. The lowest BCUT2D eigenvalue weighted by Gasteiger charge is -2.20. The van der Waals surface area contributed by atoms with E-state index in [-0.39, 0.29) is 4.90 Å². The second-order valence-corrected chi connectivity index (χ2v) is 8.64. The van der Waals surface area contributed by atoms with Gasteiger partial charge in [-0.05, 0) is 43.4 Å². The van der Waals surface area contributed by atoms with E-state index in [2.05, 4.69) is 6.92 Å². The summed E-state index contributed by atoms with van der Waals surface area (Å²) in [6, 6.07) is 4.44. The van der Waals surface area contributed by atoms with Crippen molar-refractivity contribution < 1.29 is 20.7 Å². The first kappa shape index (κ1) is 16.4. The first-order valence-corrected chi connectivity index (χ1v) is 9.58. The minimum atomic E-state index is -4.92. The first-order chi connectivity index (χ1) is 9.71. The first-order valence-electron chi connectivity index (χ1n) is 6.76. The number of halogens is 1. The van der Waals surface area contributed by atoms with Gasteiger partial charge in [0.25, 0.3) is 0 Å². The van der Waals surface area contributed by atoms with Crippen LogP contribution in [0.4, 0.5) is 3.89 Å². The van der Waals surface area contributed by atoms with Gasteiger partial charge < -0.3 is 0 Å². The highest BCUT2D eigenvalue weighted by molar-refractivity contribution is 7.89. The maximum Gasteiger partial charge on any atom is 0.332 e. The van der Waals surface area contributed by atoms with Gasteiger partial charge in [-0.3, -0.25) is 0 Å². The van der Waals surface area contributed by atoms with Crippen LogP contribution in [0.15, 0.2) is 34.1 Å². The summed E-state index contributed by atoms with van der Waals surface area (Å²) >= 11 is 0. The summed E-state index contributed by atoms with van der Waals surface area (Å²) in [5.74, 6) is 0.461. The fraction of sp³-hybridized carbons (Fsp3) is 0.538. The zero-order chi connectivity index (χ0) is 15.7. The van der Waals surface area contributed by atoms with Crippen molar-refractivity contribution in [3.63, 3.8) is 0 Å². The van der Waals surface area contributed by atoms with Gasteiger partial charge in [0.15, 0.2) is 0 Å². The Morgan fingerprint density at radius 1 is 1.10 bits per heavy atom. The van der Waals surface area contributed by atoms with Crippen LogP contribution in [0, 0.1) is 5.92 Å². The molecular weight excluding hydrogens is 317 g/mol. The highest BCUT2D eigenvalue weighted by Gasteiger charge is 2.27. The lowest BCUT2D eigenvalue weighted by atomic mass is 10.0. The summed E-state index contributed by atoms with van der Waals surface area (Å²) in [5, 5.41) is 0. The molecule has 1 unspecified atom stereocenters. The van der Waals surface area contributed by atoms with Crippen molar-refractivity contribution >= 4 is 20.2 Å². The van der Waals surface area contributed by atoms with E-state index in [4.69, 9.17) is 0 Å². The minimum Gasteiger partial charge on any atom is -0.207 e. The van der Waals surface area contributed by atoms with Crippen molar-refractivity contribution in [1.82, 2.24) is 4.31 Å². The Labute approximate surface area is 125 Å². The molecule has 1 aromatic rings. The molecule has 5 nitrogen and oxygen atoms in total. The van der Waals surface area contributed by atoms with Crippen LogP contribution in [0.1, 0.15) is 26.2 Å². The molecule has 1 aliphatic heterocycles. The third kappa shape index (κ3) is 3.81. The van der Waals surface area contributed by atoms with E-state index >= 15 is 0 Å². The topological polar surface area (TPSA) is 71.5 Å². The summed E-state index contributed by atoms with van der Waals surface area (Å²) in [5.41, 5.74) is 0. The van der Waals surface area contributed by atoms with E-state index in [0.29, 0.717) is 19.0 Å². The van der Waals surface area contributed by atoms with Gasteiger partial charge in [-0.2, -0.15) is 12.7 Å². The van der Waals surface area contributed by atoms with Crippen molar-refractivity contribution in [3.05, 3.63) is 24.3 Å². The number of sulfonamides is 1. The Kier molecular flexibility index (Phi) is 4.69. The zero-order valence-electron chi connectivity index (χ0n) is 11.7. The maximum atomic E-state index is 13.0. The number of hydrogen-bond acceptors (Lipinski definition) is 4. The molecule has 0 aromatic heterocycles. The Bertz CT molecular complexity index is 715. The standard InChI is InChI=1S/C13H18FNO4S2/c1-11-4-3-8-15(9-7-11)21(18,19)13-6-2-5-12(10-13)20(14,16)17/h2,5-6,10-11H,3-4,7-9H2,1H3. The molecule has 1 aromatic carbocycles. The van der Waals surface area contributed by atoms with E-state index in [1.54, 1.807) is 0 Å². The van der Waals surface area contributed by atoms with Crippen LogP contribution in [-0.2, 0) is 20.2 Å². The SMILES string of the molecule is CC1CCCN(S(=O)(=O)c2cccc(S(=O)(=O)F)c2)CC1. The molecule has 0 radical (unpaired) electrons. The minimum absolute atomic E-state index is 0.184. The normalized spacial score (nSPS) is 21.9. The van der Waals surface area contributed by atoms with E-state index in [0.717, 1.165) is 31.4 Å². The quantitative estimate of drug-likeness (QED) is 0.794. The monoisotopic (exact) mass is 335 g/mol. The van der Waals surface area contributed by atoms with Crippen LogP contribution < -0.4 is 0 Å². The largest absolute Gasteiger partial charge is 0.332 e. The van der Waals surface area contributed by atoms with E-state index in [9.17, 15) is 20.7 Å². The molecule has 118 valence electrons. The van der Waals surface area contributed by atoms with E-state index < -0.39 is 25.1 Å². The van der Waals surface area contributed by atoms with Gasteiger partial charge in [0, 0.05) is 13.1 Å². The van der Waals surface area contributed by atoms with E-state index in [1.165, 1.54) is 16.4 Å². The summed E-state index contributed by atoms with van der Waals surface area (Å²) in [4.78, 5) is -0.817. The smallest absolute Gasteiger partial charge is 0.207 e. The molecule has 0 N–H and O–H groups in total. The molecule has 21 heavy (non-hydrogen) atoms. The van der Waals surface area contributed by atoms with Gasteiger partial charge in [0.05, 0.1) is 9.79 Å². The highest BCUT2D eigenvalue weighted by atomic mass is 32.3. The lowest BCUT2D eigenvalue weighted by molar-refractivity contribution is 0.416. The maximum absolute atomic E-state index is 13.0. The molecule has 0 bridgehead atoms. The number of rotatable bonds is 3. The van der Waals surface area contributed by atoms with Crippen molar-refractivity contribution in [3.8, 4) is 0 Å². The van der Waals surface area contributed by atoms with Gasteiger partial charge in [0.1, 0.15) is 0 Å². The summed E-state index contributed by atoms with van der Waals surface area (Å²) in [6.07, 6.45) is 2.49. The zero-order valence-corrected chi connectivity index (χ0v) is 13.3. The Hall–Kier alpha value is -0.990. The Morgan fingerprint density at radius 3 is 2.43 bits per heavy atom. The predicted molar refractivity (Wildman–Crippen MR) is 76.5 cm³/mol. The van der Waals surface area contributed by atoms with Crippen molar-refractivity contribution in [2.24, 2.45) is 5.92 Å². The molecule has 0 saturated carbocycles. The van der Waals surface area contributed by atoms with Crippen LogP contribution in [0.2, 0.25) is 0 Å². The third-order valence-corrected chi connectivity index (χ3v) is 6.41. The molecule has 1 saturated heterocycles. The second-order valence-electron chi connectivity index (χ2n) is 5.35.